The molecule has 9 nitrogen and oxygen atoms in total. The Kier molecular flexibility index (Phi) is 10.3. The number of carbonyl (C=O) groups excluding carboxylic acids is 1. The molecule has 2 aromatic rings. The Morgan fingerprint density at radius 2 is 2.29 bits per heavy atom. The van der Waals surface area contributed by atoms with Gasteiger partial charge in [0, 0.05) is 27.0 Å². The van der Waals surface area contributed by atoms with Gasteiger partial charge in [-0.1, -0.05) is 0 Å². The van der Waals surface area contributed by atoms with Gasteiger partial charge in [0.25, 0.3) is 0 Å². The molecule has 1 fully saturated rings. The van der Waals surface area contributed by atoms with E-state index in [2.05, 4.69) is 47.0 Å². The summed E-state index contributed by atoms with van der Waals surface area (Å²) in [6.45, 7) is 0.708. The maximum absolute atomic E-state index is 10.6. The number of pyridine rings is 1. The van der Waals surface area contributed by atoms with E-state index in [-0.39, 0.29) is 12.1 Å². The van der Waals surface area contributed by atoms with Crippen LogP contribution >= 0.6 is 27.3 Å². The first kappa shape index (κ1) is 24.6. The number of nitrogens with two attached hydrogens (primary N) is 1. The monoisotopic (exact) mass is 506 g/mol. The third-order valence-corrected chi connectivity index (χ3v) is 6.33. The summed E-state index contributed by atoms with van der Waals surface area (Å²) >= 11 is 4.77. The second-order valence-electron chi connectivity index (χ2n) is 6.26. The second kappa shape index (κ2) is 12.9. The number of carbonyl (C=O) groups is 1. The van der Waals surface area contributed by atoms with Crippen LogP contribution in [-0.4, -0.2) is 50.6 Å². The van der Waals surface area contributed by atoms with Crippen molar-refractivity contribution < 1.29 is 14.3 Å². The number of thiophene rings is 1. The first-order valence-corrected chi connectivity index (χ1v) is 10.9. The number of anilines is 1. The molecule has 0 saturated carbocycles. The Balaban J connectivity index is 0.00000107. The minimum absolute atomic E-state index is 0.178. The van der Waals surface area contributed by atoms with Crippen LogP contribution < -0.4 is 11.1 Å². The van der Waals surface area contributed by atoms with Gasteiger partial charge in [0.05, 0.1) is 19.8 Å². The van der Waals surface area contributed by atoms with Crippen LogP contribution in [0.3, 0.4) is 0 Å². The number of aromatic nitrogens is 1. The van der Waals surface area contributed by atoms with Gasteiger partial charge in [-0.05, 0) is 52.9 Å². The number of nitrogens with one attached hydrogen (secondary N) is 1. The fourth-order valence-corrected chi connectivity index (χ4v) is 4.57. The molecule has 0 spiro atoms. The summed E-state index contributed by atoms with van der Waals surface area (Å²) in [4.78, 5) is 24.5. The van der Waals surface area contributed by atoms with Crippen molar-refractivity contribution in [3.8, 4) is 16.5 Å². The van der Waals surface area contributed by atoms with E-state index < -0.39 is 0 Å². The lowest BCUT2D eigenvalue weighted by atomic mass is 10.1. The number of amidine groups is 1. The quantitative estimate of drug-likeness (QED) is 0.349. The van der Waals surface area contributed by atoms with Gasteiger partial charge < -0.3 is 20.5 Å². The number of nitrogens with zero attached hydrogens (tertiary/aromatic N) is 4. The van der Waals surface area contributed by atoms with E-state index in [0.29, 0.717) is 38.6 Å². The van der Waals surface area contributed by atoms with Crippen molar-refractivity contribution in [2.45, 2.75) is 25.5 Å². The maximum atomic E-state index is 10.6. The lowest BCUT2D eigenvalue weighted by Crippen LogP contribution is -2.17. The van der Waals surface area contributed by atoms with Gasteiger partial charge in [0.2, 0.25) is 6.41 Å². The highest BCUT2D eigenvalue weighted by atomic mass is 79.9. The van der Waals surface area contributed by atoms with Crippen LogP contribution in [0.15, 0.2) is 32.8 Å². The summed E-state index contributed by atoms with van der Waals surface area (Å²) in [6.07, 6.45) is 6.34. The van der Waals surface area contributed by atoms with Crippen molar-refractivity contribution in [1.29, 1.82) is 5.26 Å². The molecule has 164 valence electrons. The van der Waals surface area contributed by atoms with Gasteiger partial charge in [0.1, 0.15) is 30.3 Å². The first-order valence-electron chi connectivity index (χ1n) is 9.31. The molecule has 0 aliphatic carbocycles. The average Bonchev–Trinajstić information content (AvgIpc) is 3.12. The van der Waals surface area contributed by atoms with Gasteiger partial charge in [-0.25, -0.2) is 15.0 Å². The molecule has 2 aromatic heterocycles. The van der Waals surface area contributed by atoms with Crippen LogP contribution in [0, 0.1) is 11.3 Å². The maximum Gasteiger partial charge on any atom is 0.212 e. The SMILES string of the molecule is COC.N#Cc1c(-c2ccnc(NC=O)c2)sc(C(N)=N/C=N/C2CCCCO2)c1Br. The molecule has 1 atom stereocenters. The zero-order valence-corrected chi connectivity index (χ0v) is 19.6. The third-order valence-electron chi connectivity index (χ3n) is 4.01. The number of amides is 1. The average molecular weight is 507 g/mol. The lowest BCUT2D eigenvalue weighted by Gasteiger charge is -2.17. The summed E-state index contributed by atoms with van der Waals surface area (Å²) in [6, 6.07) is 5.63. The minimum Gasteiger partial charge on any atom is -0.388 e. The summed E-state index contributed by atoms with van der Waals surface area (Å²) in [7, 11) is 3.25. The number of nitriles is 1. The molecule has 1 unspecified atom stereocenters. The molecule has 1 amide bonds. The molecule has 0 aromatic carbocycles. The third kappa shape index (κ3) is 6.93. The van der Waals surface area contributed by atoms with Gasteiger partial charge >= 0.3 is 0 Å². The van der Waals surface area contributed by atoms with Crippen LogP contribution in [0.5, 0.6) is 0 Å². The molecule has 3 N–H and O–H groups in total. The fourth-order valence-electron chi connectivity index (χ4n) is 2.66. The molecule has 0 radical (unpaired) electrons. The van der Waals surface area contributed by atoms with Crippen molar-refractivity contribution in [2.24, 2.45) is 15.7 Å². The largest absolute Gasteiger partial charge is 0.388 e. The van der Waals surface area contributed by atoms with E-state index in [1.54, 1.807) is 32.5 Å². The van der Waals surface area contributed by atoms with Crippen LogP contribution in [0.2, 0.25) is 0 Å². The normalized spacial score (nSPS) is 16.3. The summed E-state index contributed by atoms with van der Waals surface area (Å²) < 4.78 is 10.3. The van der Waals surface area contributed by atoms with Crippen LogP contribution in [0.4, 0.5) is 5.82 Å². The molecule has 11 heteroatoms. The molecule has 1 aliphatic heterocycles. The molecular weight excluding hydrogens is 484 g/mol. The van der Waals surface area contributed by atoms with E-state index in [0.717, 1.165) is 24.8 Å². The zero-order chi connectivity index (χ0) is 22.6. The van der Waals surface area contributed by atoms with E-state index >= 15 is 0 Å². The summed E-state index contributed by atoms with van der Waals surface area (Å²) in [5.74, 6) is 0.642. The Labute approximate surface area is 193 Å². The van der Waals surface area contributed by atoms with Crippen molar-refractivity contribution in [3.05, 3.63) is 33.2 Å². The van der Waals surface area contributed by atoms with E-state index in [9.17, 15) is 10.1 Å². The van der Waals surface area contributed by atoms with Crippen molar-refractivity contribution in [1.82, 2.24) is 4.98 Å². The standard InChI is InChI=1S/C18H17BrN6O2S.C2H6O/c19-15-12(8-20)16(11-4-5-22-13(7-11)25-10-26)28-17(15)18(21)24-9-23-14-3-1-2-6-27-14;1-3-2/h4-5,7,9-10,14H,1-3,6H2,(H2,21,23,24)(H,22,25,26);1-2H3. The Morgan fingerprint density at radius 3 is 2.94 bits per heavy atom. The Hall–Kier alpha value is -2.65. The highest BCUT2D eigenvalue weighted by Crippen LogP contribution is 2.39. The van der Waals surface area contributed by atoms with Crippen LogP contribution in [0.25, 0.3) is 10.4 Å². The van der Waals surface area contributed by atoms with Gasteiger partial charge in [-0.3, -0.25) is 4.79 Å². The highest BCUT2D eigenvalue weighted by molar-refractivity contribution is 9.10. The molecular formula is C20H23BrN6O3S. The topological polar surface area (TPSA) is 135 Å². The fraction of sp³-hybridized carbons (Fsp3) is 0.350. The van der Waals surface area contributed by atoms with Crippen LogP contribution in [-0.2, 0) is 14.3 Å². The minimum atomic E-state index is -0.178. The predicted octanol–water partition coefficient (Wildman–Crippen LogP) is 3.54. The van der Waals surface area contributed by atoms with Crippen LogP contribution in [0.1, 0.15) is 29.7 Å². The molecule has 31 heavy (non-hydrogen) atoms. The van der Waals surface area contributed by atoms with Crippen molar-refractivity contribution in [2.75, 3.05) is 26.1 Å². The molecule has 3 heterocycles. The van der Waals surface area contributed by atoms with E-state index in [1.165, 1.54) is 17.7 Å². The van der Waals surface area contributed by atoms with E-state index in [4.69, 9.17) is 10.5 Å². The molecule has 1 aliphatic rings. The number of hydrogen-bond donors (Lipinski definition) is 2. The van der Waals surface area contributed by atoms with Crippen molar-refractivity contribution >= 4 is 51.7 Å². The number of hydrogen-bond acceptors (Lipinski definition) is 7. The Morgan fingerprint density at radius 1 is 1.52 bits per heavy atom. The number of methoxy groups -OCH3 is 1. The first-order chi connectivity index (χ1) is 15.0. The molecule has 3 rings (SSSR count). The van der Waals surface area contributed by atoms with Gasteiger partial charge in [0.15, 0.2) is 0 Å². The number of aliphatic imine (C=N–C) groups is 2. The van der Waals surface area contributed by atoms with Crippen molar-refractivity contribution in [3.63, 3.8) is 0 Å². The Bertz CT molecular complexity index is 980. The molecule has 0 bridgehead atoms. The number of ether oxygens (including phenoxy) is 2. The van der Waals surface area contributed by atoms with E-state index in [1.807, 2.05) is 0 Å². The summed E-state index contributed by atoms with van der Waals surface area (Å²) in [5, 5.41) is 12.1. The summed E-state index contributed by atoms with van der Waals surface area (Å²) in [5.41, 5.74) is 7.30. The van der Waals surface area contributed by atoms with Gasteiger partial charge in [-0.15, -0.1) is 11.3 Å². The second-order valence-corrected chi connectivity index (χ2v) is 8.08. The van der Waals surface area contributed by atoms with Gasteiger partial charge in [-0.2, -0.15) is 5.26 Å². The molecule has 1 saturated heterocycles. The highest BCUT2D eigenvalue weighted by Gasteiger charge is 2.20. The number of halogens is 1. The lowest BCUT2D eigenvalue weighted by molar-refractivity contribution is -0.105. The number of rotatable bonds is 6. The smallest absolute Gasteiger partial charge is 0.212 e. The zero-order valence-electron chi connectivity index (χ0n) is 17.2. The predicted molar refractivity (Wildman–Crippen MR) is 125 cm³/mol.